The molecular formula is C15H19NO4. The van der Waals surface area contributed by atoms with Crippen molar-refractivity contribution in [3.63, 3.8) is 0 Å². The molecule has 0 spiro atoms. The van der Waals surface area contributed by atoms with Crippen LogP contribution in [0.2, 0.25) is 0 Å². The lowest BCUT2D eigenvalue weighted by molar-refractivity contribution is -0.119. The minimum atomic E-state index is -0.679. The van der Waals surface area contributed by atoms with E-state index in [1.165, 1.54) is 13.8 Å². The standard InChI is InChI=1S/C15H19NO4/c1-11(17)8-9-14(12(2)18)16-15(19)20-10-13-6-4-3-5-7-13/h3-7,14H,8-10H2,1-2H3,(H,16,19)/t14-/m0/s1. The molecule has 0 aliphatic rings. The van der Waals surface area contributed by atoms with E-state index in [1.54, 1.807) is 0 Å². The number of Topliss-reactive ketones (excluding diaryl/α,β-unsaturated/α-hetero) is 2. The fraction of sp³-hybridized carbons (Fsp3) is 0.400. The van der Waals surface area contributed by atoms with Crippen LogP contribution < -0.4 is 5.32 Å². The third-order valence-corrected chi connectivity index (χ3v) is 2.78. The van der Waals surface area contributed by atoms with Gasteiger partial charge in [-0.3, -0.25) is 4.79 Å². The van der Waals surface area contributed by atoms with Crippen LogP contribution in [0.4, 0.5) is 4.79 Å². The maximum atomic E-state index is 11.6. The zero-order valence-electron chi connectivity index (χ0n) is 11.7. The van der Waals surface area contributed by atoms with E-state index < -0.39 is 12.1 Å². The zero-order chi connectivity index (χ0) is 15.0. The molecule has 0 aromatic heterocycles. The molecule has 5 heteroatoms. The number of ether oxygens (including phenoxy) is 1. The Labute approximate surface area is 118 Å². The van der Waals surface area contributed by atoms with Gasteiger partial charge in [0.1, 0.15) is 12.4 Å². The van der Waals surface area contributed by atoms with Crippen molar-refractivity contribution < 1.29 is 19.1 Å². The van der Waals surface area contributed by atoms with Gasteiger partial charge in [-0.1, -0.05) is 30.3 Å². The zero-order valence-corrected chi connectivity index (χ0v) is 11.7. The molecule has 1 amide bonds. The Morgan fingerprint density at radius 2 is 1.80 bits per heavy atom. The third kappa shape index (κ3) is 6.13. The normalized spacial score (nSPS) is 11.5. The lowest BCUT2D eigenvalue weighted by atomic mass is 10.1. The molecule has 0 saturated carbocycles. The molecule has 1 aromatic rings. The van der Waals surface area contributed by atoms with Crippen LogP contribution in [0.3, 0.4) is 0 Å². The largest absolute Gasteiger partial charge is 0.445 e. The summed E-state index contributed by atoms with van der Waals surface area (Å²) < 4.78 is 5.03. The van der Waals surface area contributed by atoms with Gasteiger partial charge in [0.05, 0.1) is 6.04 Å². The molecule has 0 heterocycles. The highest BCUT2D eigenvalue weighted by Gasteiger charge is 2.18. The van der Waals surface area contributed by atoms with Crippen LogP contribution in [0.25, 0.3) is 0 Å². The fourth-order valence-corrected chi connectivity index (χ4v) is 1.63. The third-order valence-electron chi connectivity index (χ3n) is 2.78. The number of carbonyl (C=O) groups excluding carboxylic acids is 3. The molecule has 1 rings (SSSR count). The second kappa shape index (κ2) is 8.09. The number of ketones is 2. The molecule has 1 atom stereocenters. The molecular weight excluding hydrogens is 258 g/mol. The van der Waals surface area contributed by atoms with Crippen LogP contribution in [0.15, 0.2) is 30.3 Å². The van der Waals surface area contributed by atoms with Gasteiger partial charge in [-0.2, -0.15) is 0 Å². The Kier molecular flexibility index (Phi) is 6.43. The molecule has 20 heavy (non-hydrogen) atoms. The van der Waals surface area contributed by atoms with Crippen molar-refractivity contribution >= 4 is 17.7 Å². The first-order valence-corrected chi connectivity index (χ1v) is 6.46. The van der Waals surface area contributed by atoms with Crippen LogP contribution in [0.5, 0.6) is 0 Å². The summed E-state index contributed by atoms with van der Waals surface area (Å²) in [6.45, 7) is 2.97. The molecule has 5 nitrogen and oxygen atoms in total. The van der Waals surface area contributed by atoms with Crippen molar-refractivity contribution in [1.82, 2.24) is 5.32 Å². The van der Waals surface area contributed by atoms with Crippen molar-refractivity contribution in [2.45, 2.75) is 39.3 Å². The van der Waals surface area contributed by atoms with E-state index in [9.17, 15) is 14.4 Å². The molecule has 1 N–H and O–H groups in total. The summed E-state index contributed by atoms with van der Waals surface area (Å²) in [4.78, 5) is 33.9. The molecule has 0 aliphatic heterocycles. The summed E-state index contributed by atoms with van der Waals surface area (Å²) in [5.74, 6) is -0.210. The summed E-state index contributed by atoms with van der Waals surface area (Å²) in [7, 11) is 0. The van der Waals surface area contributed by atoms with Crippen molar-refractivity contribution in [2.75, 3.05) is 0 Å². The van der Waals surface area contributed by atoms with Gasteiger partial charge in [0.15, 0.2) is 5.78 Å². The number of carbonyl (C=O) groups is 3. The van der Waals surface area contributed by atoms with Gasteiger partial charge in [-0.05, 0) is 25.8 Å². The Morgan fingerprint density at radius 1 is 1.15 bits per heavy atom. The van der Waals surface area contributed by atoms with E-state index in [2.05, 4.69) is 5.32 Å². The molecule has 0 unspecified atom stereocenters. The molecule has 0 aliphatic carbocycles. The van der Waals surface area contributed by atoms with E-state index in [4.69, 9.17) is 4.74 Å². The minimum Gasteiger partial charge on any atom is -0.445 e. The van der Waals surface area contributed by atoms with Gasteiger partial charge in [-0.15, -0.1) is 0 Å². The monoisotopic (exact) mass is 277 g/mol. The minimum absolute atomic E-state index is 0.0179. The highest BCUT2D eigenvalue weighted by molar-refractivity contribution is 5.86. The Bertz CT molecular complexity index is 470. The number of hydrogen-bond donors (Lipinski definition) is 1. The highest BCUT2D eigenvalue weighted by Crippen LogP contribution is 2.03. The fourth-order valence-electron chi connectivity index (χ4n) is 1.63. The van der Waals surface area contributed by atoms with E-state index in [0.29, 0.717) is 6.42 Å². The van der Waals surface area contributed by atoms with E-state index in [1.807, 2.05) is 30.3 Å². The van der Waals surface area contributed by atoms with Crippen LogP contribution in [0.1, 0.15) is 32.3 Å². The van der Waals surface area contributed by atoms with Crippen molar-refractivity contribution in [3.8, 4) is 0 Å². The number of benzene rings is 1. The quantitative estimate of drug-likeness (QED) is 0.829. The molecule has 0 radical (unpaired) electrons. The lowest BCUT2D eigenvalue weighted by Gasteiger charge is -2.15. The maximum Gasteiger partial charge on any atom is 0.408 e. The van der Waals surface area contributed by atoms with Crippen molar-refractivity contribution in [3.05, 3.63) is 35.9 Å². The van der Waals surface area contributed by atoms with Crippen LogP contribution in [-0.4, -0.2) is 23.7 Å². The highest BCUT2D eigenvalue weighted by atomic mass is 16.5. The SMILES string of the molecule is CC(=O)CC[C@H](NC(=O)OCc1ccccc1)C(C)=O. The van der Waals surface area contributed by atoms with E-state index in [-0.39, 0.29) is 24.6 Å². The Hall–Kier alpha value is -2.17. The van der Waals surface area contributed by atoms with Gasteiger partial charge < -0.3 is 14.8 Å². The summed E-state index contributed by atoms with van der Waals surface area (Å²) >= 11 is 0. The predicted octanol–water partition coefficient (Wildman–Crippen LogP) is 2.24. The molecule has 1 aromatic carbocycles. The lowest BCUT2D eigenvalue weighted by Crippen LogP contribution is -2.40. The second-order valence-electron chi connectivity index (χ2n) is 4.61. The predicted molar refractivity (Wildman–Crippen MR) is 74.1 cm³/mol. The first-order chi connectivity index (χ1) is 9.49. The maximum absolute atomic E-state index is 11.6. The number of amides is 1. The van der Waals surface area contributed by atoms with E-state index >= 15 is 0 Å². The Balaban J connectivity index is 2.41. The second-order valence-corrected chi connectivity index (χ2v) is 4.61. The van der Waals surface area contributed by atoms with Gasteiger partial charge in [0, 0.05) is 6.42 Å². The average Bonchev–Trinajstić information content (AvgIpc) is 2.41. The first-order valence-electron chi connectivity index (χ1n) is 6.46. The van der Waals surface area contributed by atoms with E-state index in [0.717, 1.165) is 5.56 Å². The summed E-state index contributed by atoms with van der Waals surface area (Å²) in [6, 6.07) is 8.57. The topological polar surface area (TPSA) is 72.5 Å². The van der Waals surface area contributed by atoms with Crippen LogP contribution in [0, 0.1) is 0 Å². The Morgan fingerprint density at radius 3 is 2.35 bits per heavy atom. The number of nitrogens with one attached hydrogen (secondary N) is 1. The van der Waals surface area contributed by atoms with Crippen LogP contribution >= 0.6 is 0 Å². The number of hydrogen-bond acceptors (Lipinski definition) is 4. The number of alkyl carbamates (subject to hydrolysis) is 1. The van der Waals surface area contributed by atoms with Gasteiger partial charge in [-0.25, -0.2) is 4.79 Å². The molecule has 0 bridgehead atoms. The average molecular weight is 277 g/mol. The van der Waals surface area contributed by atoms with Crippen molar-refractivity contribution in [1.29, 1.82) is 0 Å². The smallest absolute Gasteiger partial charge is 0.408 e. The van der Waals surface area contributed by atoms with Crippen LogP contribution in [-0.2, 0) is 20.9 Å². The molecule has 0 saturated heterocycles. The van der Waals surface area contributed by atoms with Gasteiger partial charge >= 0.3 is 6.09 Å². The summed E-state index contributed by atoms with van der Waals surface area (Å²) in [5.41, 5.74) is 0.866. The van der Waals surface area contributed by atoms with Gasteiger partial charge in [0.2, 0.25) is 0 Å². The van der Waals surface area contributed by atoms with Gasteiger partial charge in [0.25, 0.3) is 0 Å². The summed E-state index contributed by atoms with van der Waals surface area (Å²) in [6.07, 6.45) is -0.105. The first kappa shape index (κ1) is 15.9. The molecule has 108 valence electrons. The summed E-state index contributed by atoms with van der Waals surface area (Å²) in [5, 5.41) is 2.48. The number of rotatable bonds is 7. The van der Waals surface area contributed by atoms with Crippen molar-refractivity contribution in [2.24, 2.45) is 0 Å². The molecule has 0 fully saturated rings.